The van der Waals surface area contributed by atoms with E-state index in [1.54, 1.807) is 12.4 Å². The van der Waals surface area contributed by atoms with Crippen LogP contribution in [0.5, 0.6) is 0 Å². The monoisotopic (exact) mass is 258 g/mol. The highest BCUT2D eigenvalue weighted by Crippen LogP contribution is 2.30. The van der Waals surface area contributed by atoms with Gasteiger partial charge < -0.3 is 10.1 Å². The summed E-state index contributed by atoms with van der Waals surface area (Å²) in [6, 6.07) is 5.47. The molecule has 19 heavy (non-hydrogen) atoms. The first-order valence-corrected chi connectivity index (χ1v) is 6.21. The minimum Gasteiger partial charge on any atom is -0.465 e. The van der Waals surface area contributed by atoms with Crippen LogP contribution in [0.1, 0.15) is 24.7 Å². The Morgan fingerprint density at radius 1 is 1.42 bits per heavy atom. The molecule has 6 nitrogen and oxygen atoms in total. The van der Waals surface area contributed by atoms with Crippen molar-refractivity contribution >= 4 is 6.09 Å². The smallest absolute Gasteiger partial charge is 0.407 e. The van der Waals surface area contributed by atoms with Gasteiger partial charge in [-0.3, -0.25) is 9.88 Å². The molecule has 2 N–H and O–H groups in total. The maximum atomic E-state index is 11.1. The second-order valence-electron chi connectivity index (χ2n) is 4.53. The lowest BCUT2D eigenvalue weighted by molar-refractivity contribution is 0.139. The van der Waals surface area contributed by atoms with Crippen molar-refractivity contribution in [3.8, 4) is 11.4 Å². The van der Waals surface area contributed by atoms with Gasteiger partial charge in [0, 0.05) is 12.7 Å². The Balaban J connectivity index is 1.87. The van der Waals surface area contributed by atoms with Gasteiger partial charge in [-0.15, -0.1) is 0 Å². The molecule has 0 unspecified atom stereocenters. The van der Waals surface area contributed by atoms with Crippen molar-refractivity contribution in [2.75, 3.05) is 6.54 Å². The van der Waals surface area contributed by atoms with Gasteiger partial charge >= 0.3 is 6.09 Å². The van der Waals surface area contributed by atoms with Crippen molar-refractivity contribution < 1.29 is 9.90 Å². The fraction of sp³-hybridized carbons (Fsp3) is 0.308. The third-order valence-electron chi connectivity index (χ3n) is 3.35. The van der Waals surface area contributed by atoms with Crippen LogP contribution in [0.2, 0.25) is 0 Å². The molecule has 0 bridgehead atoms. The van der Waals surface area contributed by atoms with E-state index < -0.39 is 6.09 Å². The molecule has 0 radical (unpaired) electrons. The average molecular weight is 258 g/mol. The maximum Gasteiger partial charge on any atom is 0.407 e. The van der Waals surface area contributed by atoms with Crippen LogP contribution in [0.15, 0.2) is 30.6 Å². The van der Waals surface area contributed by atoms with E-state index in [0.717, 1.165) is 24.2 Å². The van der Waals surface area contributed by atoms with E-state index in [2.05, 4.69) is 15.0 Å². The van der Waals surface area contributed by atoms with Gasteiger partial charge in [-0.25, -0.2) is 9.78 Å². The van der Waals surface area contributed by atoms with Crippen LogP contribution in [0.3, 0.4) is 0 Å². The van der Waals surface area contributed by atoms with E-state index in [1.165, 1.54) is 4.90 Å². The molecular weight excluding hydrogens is 244 g/mol. The third-order valence-corrected chi connectivity index (χ3v) is 3.35. The zero-order valence-electron chi connectivity index (χ0n) is 10.3. The van der Waals surface area contributed by atoms with Crippen molar-refractivity contribution in [3.63, 3.8) is 0 Å². The summed E-state index contributed by atoms with van der Waals surface area (Å²) in [7, 11) is 0. The van der Waals surface area contributed by atoms with Crippen LogP contribution in [-0.2, 0) is 0 Å². The number of pyridine rings is 1. The quantitative estimate of drug-likeness (QED) is 0.865. The second kappa shape index (κ2) is 4.72. The van der Waals surface area contributed by atoms with Crippen molar-refractivity contribution in [3.05, 3.63) is 36.4 Å². The lowest BCUT2D eigenvalue weighted by Crippen LogP contribution is -2.29. The van der Waals surface area contributed by atoms with Crippen LogP contribution < -0.4 is 0 Å². The molecule has 0 spiro atoms. The summed E-state index contributed by atoms with van der Waals surface area (Å²) < 4.78 is 0. The first-order chi connectivity index (χ1) is 9.25. The van der Waals surface area contributed by atoms with Crippen LogP contribution >= 0.6 is 0 Å². The predicted octanol–water partition coefficient (Wildman–Crippen LogP) is 2.29. The number of amides is 1. The number of hydrogen-bond acceptors (Lipinski definition) is 3. The molecule has 98 valence electrons. The van der Waals surface area contributed by atoms with Gasteiger partial charge in [0.05, 0.1) is 23.6 Å². The van der Waals surface area contributed by atoms with Crippen LogP contribution in [0.4, 0.5) is 4.79 Å². The number of hydrogen-bond donors (Lipinski definition) is 2. The van der Waals surface area contributed by atoms with Gasteiger partial charge in [0.15, 0.2) is 0 Å². The van der Waals surface area contributed by atoms with E-state index in [4.69, 9.17) is 5.11 Å². The lowest BCUT2D eigenvalue weighted by Gasteiger charge is -2.19. The van der Waals surface area contributed by atoms with Gasteiger partial charge in [-0.05, 0) is 25.0 Å². The predicted molar refractivity (Wildman–Crippen MR) is 68.5 cm³/mol. The number of carbonyl (C=O) groups is 1. The summed E-state index contributed by atoms with van der Waals surface area (Å²) in [5.74, 6) is 0.695. The molecule has 2 aromatic rings. The second-order valence-corrected chi connectivity index (χ2v) is 4.53. The molecule has 1 atom stereocenters. The fourth-order valence-corrected chi connectivity index (χ4v) is 2.44. The molecule has 1 aliphatic rings. The Morgan fingerprint density at radius 3 is 3.05 bits per heavy atom. The molecule has 0 saturated carbocycles. The zero-order valence-corrected chi connectivity index (χ0v) is 10.3. The molecular formula is C13H14N4O2. The summed E-state index contributed by atoms with van der Waals surface area (Å²) >= 11 is 0. The van der Waals surface area contributed by atoms with Crippen LogP contribution in [0.25, 0.3) is 11.4 Å². The van der Waals surface area contributed by atoms with E-state index in [1.807, 2.05) is 18.2 Å². The van der Waals surface area contributed by atoms with Gasteiger partial charge in [0.2, 0.25) is 0 Å². The minimum atomic E-state index is -0.890. The Labute approximate surface area is 110 Å². The molecule has 0 aliphatic carbocycles. The summed E-state index contributed by atoms with van der Waals surface area (Å²) in [6.45, 7) is 0.569. The summed E-state index contributed by atoms with van der Waals surface area (Å²) in [5, 5.41) is 9.14. The third kappa shape index (κ3) is 2.16. The highest BCUT2D eigenvalue weighted by Gasteiger charge is 2.31. The molecule has 1 aliphatic heterocycles. The van der Waals surface area contributed by atoms with E-state index in [-0.39, 0.29) is 6.04 Å². The zero-order chi connectivity index (χ0) is 13.2. The number of H-pyrrole nitrogens is 1. The van der Waals surface area contributed by atoms with Gasteiger partial charge in [0.1, 0.15) is 5.82 Å². The summed E-state index contributed by atoms with van der Waals surface area (Å²) in [4.78, 5) is 24.3. The van der Waals surface area contributed by atoms with Crippen LogP contribution in [0, 0.1) is 0 Å². The molecule has 3 rings (SSSR count). The van der Waals surface area contributed by atoms with Crippen LogP contribution in [-0.4, -0.2) is 37.6 Å². The Bertz CT molecular complexity index is 581. The van der Waals surface area contributed by atoms with Gasteiger partial charge in [-0.1, -0.05) is 6.07 Å². The van der Waals surface area contributed by atoms with E-state index in [0.29, 0.717) is 12.4 Å². The largest absolute Gasteiger partial charge is 0.465 e. The average Bonchev–Trinajstić information content (AvgIpc) is 3.08. The molecule has 3 heterocycles. The number of imidazole rings is 1. The SMILES string of the molecule is O=C(O)N1CCC[C@H]1c1ncc(-c2ccccn2)[nH]1. The van der Waals surface area contributed by atoms with Gasteiger partial charge in [-0.2, -0.15) is 0 Å². The number of nitrogens with zero attached hydrogens (tertiary/aromatic N) is 3. The molecule has 1 saturated heterocycles. The van der Waals surface area contributed by atoms with Crippen molar-refractivity contribution in [2.24, 2.45) is 0 Å². The van der Waals surface area contributed by atoms with Crippen molar-refractivity contribution in [1.29, 1.82) is 0 Å². The molecule has 2 aromatic heterocycles. The highest BCUT2D eigenvalue weighted by molar-refractivity contribution is 5.66. The first kappa shape index (κ1) is 11.7. The summed E-state index contributed by atoms with van der Waals surface area (Å²) in [6.07, 6.45) is 4.21. The number of rotatable bonds is 2. The first-order valence-electron chi connectivity index (χ1n) is 6.21. The van der Waals surface area contributed by atoms with Crippen molar-refractivity contribution in [1.82, 2.24) is 19.9 Å². The molecule has 1 amide bonds. The topological polar surface area (TPSA) is 82.1 Å². The molecule has 1 fully saturated rings. The normalized spacial score (nSPS) is 18.7. The number of aromatic amines is 1. The lowest BCUT2D eigenvalue weighted by atomic mass is 10.2. The number of carboxylic acid groups (broad SMARTS) is 1. The van der Waals surface area contributed by atoms with Gasteiger partial charge in [0.25, 0.3) is 0 Å². The Morgan fingerprint density at radius 2 is 2.32 bits per heavy atom. The maximum absolute atomic E-state index is 11.1. The summed E-state index contributed by atoms with van der Waals surface area (Å²) in [5.41, 5.74) is 1.62. The van der Waals surface area contributed by atoms with E-state index >= 15 is 0 Å². The Kier molecular flexibility index (Phi) is 2.91. The number of nitrogens with one attached hydrogen (secondary N) is 1. The number of likely N-dealkylation sites (tertiary alicyclic amines) is 1. The fourth-order valence-electron chi connectivity index (χ4n) is 2.44. The van der Waals surface area contributed by atoms with E-state index in [9.17, 15) is 4.79 Å². The van der Waals surface area contributed by atoms with Crippen molar-refractivity contribution in [2.45, 2.75) is 18.9 Å². The minimum absolute atomic E-state index is 0.171. The number of aromatic nitrogens is 3. The molecule has 6 heteroatoms. The standard InChI is InChI=1S/C13H14N4O2/c18-13(19)17-7-3-5-11(17)12-15-8-10(16-12)9-4-1-2-6-14-9/h1-2,4,6,8,11H,3,5,7H2,(H,15,16)(H,18,19)/t11-/m0/s1. The highest BCUT2D eigenvalue weighted by atomic mass is 16.4. The molecule has 0 aromatic carbocycles. The Hall–Kier alpha value is -2.37.